The van der Waals surface area contributed by atoms with E-state index in [4.69, 9.17) is 4.74 Å². The quantitative estimate of drug-likeness (QED) is 0.271. The first-order valence-electron chi connectivity index (χ1n) is 11.6. The predicted octanol–water partition coefficient (Wildman–Crippen LogP) is 2.25. The molecule has 2 bridgehead atoms. The van der Waals surface area contributed by atoms with Crippen LogP contribution in [-0.2, 0) is 19.1 Å². The van der Waals surface area contributed by atoms with Crippen molar-refractivity contribution >= 4 is 29.5 Å². The van der Waals surface area contributed by atoms with Crippen LogP contribution >= 0.6 is 11.8 Å². The number of nitrogens with zero attached hydrogens (tertiary/aromatic N) is 2. The van der Waals surface area contributed by atoms with Crippen LogP contribution in [0.25, 0.3) is 0 Å². The van der Waals surface area contributed by atoms with Gasteiger partial charge in [0.25, 0.3) is 0 Å². The van der Waals surface area contributed by atoms with E-state index in [0.29, 0.717) is 13.1 Å². The van der Waals surface area contributed by atoms with E-state index in [9.17, 15) is 19.5 Å². The Labute approximate surface area is 195 Å². The molecule has 7 nitrogen and oxygen atoms in total. The number of likely N-dealkylation sites (tertiary alicyclic amines) is 1. The molecule has 0 aromatic heterocycles. The van der Waals surface area contributed by atoms with Crippen LogP contribution in [-0.4, -0.2) is 81.6 Å². The fraction of sp³-hybridized carbons (Fsp3) is 0.708. The number of carbonyl (C=O) groups excluding carboxylic acids is 3. The van der Waals surface area contributed by atoms with Crippen molar-refractivity contribution in [2.75, 3.05) is 32.8 Å². The molecule has 3 aliphatic rings. The van der Waals surface area contributed by atoms with Crippen LogP contribution in [0.3, 0.4) is 0 Å². The van der Waals surface area contributed by atoms with Gasteiger partial charge >= 0.3 is 5.97 Å². The van der Waals surface area contributed by atoms with Gasteiger partial charge in [-0.2, -0.15) is 0 Å². The second-order valence-electron chi connectivity index (χ2n) is 9.01. The summed E-state index contributed by atoms with van der Waals surface area (Å²) in [7, 11) is 0. The van der Waals surface area contributed by atoms with Crippen LogP contribution in [0, 0.1) is 17.8 Å². The van der Waals surface area contributed by atoms with Gasteiger partial charge in [-0.05, 0) is 18.8 Å². The number of β-amino-alcohol motifs (C(OH)–C–C–N with tert-alkyl or cyclic N) is 1. The summed E-state index contributed by atoms with van der Waals surface area (Å²) in [6.45, 7) is 12.6. The molecule has 0 saturated carbocycles. The van der Waals surface area contributed by atoms with E-state index in [1.165, 1.54) is 11.0 Å². The third kappa shape index (κ3) is 4.00. The van der Waals surface area contributed by atoms with Crippen molar-refractivity contribution in [3.05, 3.63) is 25.3 Å². The van der Waals surface area contributed by atoms with Gasteiger partial charge in [0.15, 0.2) is 0 Å². The number of aliphatic hydroxyl groups excluding tert-OH is 1. The molecule has 3 aliphatic heterocycles. The summed E-state index contributed by atoms with van der Waals surface area (Å²) >= 11 is 1.62. The maximum absolute atomic E-state index is 13.9. The van der Waals surface area contributed by atoms with Gasteiger partial charge in [0.05, 0.1) is 23.2 Å². The predicted molar refractivity (Wildman–Crippen MR) is 125 cm³/mol. The van der Waals surface area contributed by atoms with Gasteiger partial charge in [-0.25, -0.2) is 0 Å². The van der Waals surface area contributed by atoms with Gasteiger partial charge < -0.3 is 19.6 Å². The molecule has 3 unspecified atom stereocenters. The first-order chi connectivity index (χ1) is 15.4. The summed E-state index contributed by atoms with van der Waals surface area (Å²) < 4.78 is 4.68. The minimum atomic E-state index is -0.698. The maximum atomic E-state index is 13.9. The Morgan fingerprint density at radius 3 is 2.72 bits per heavy atom. The summed E-state index contributed by atoms with van der Waals surface area (Å²) in [4.78, 5) is 43.8. The molecule has 3 rings (SSSR count). The Bertz CT molecular complexity index is 759. The van der Waals surface area contributed by atoms with Crippen LogP contribution in [0.4, 0.5) is 0 Å². The van der Waals surface area contributed by atoms with Crippen molar-refractivity contribution in [3.63, 3.8) is 0 Å². The first-order valence-corrected chi connectivity index (χ1v) is 12.5. The number of fused-ring (bicyclic) bond motifs is 1. The summed E-state index contributed by atoms with van der Waals surface area (Å²) in [5, 5.41) is 9.66. The van der Waals surface area contributed by atoms with Gasteiger partial charge in [0.2, 0.25) is 11.8 Å². The lowest BCUT2D eigenvalue weighted by Crippen LogP contribution is -2.57. The molecule has 3 saturated heterocycles. The zero-order valence-electron chi connectivity index (χ0n) is 19.2. The summed E-state index contributed by atoms with van der Waals surface area (Å²) in [6, 6.07) is -0.698. The van der Waals surface area contributed by atoms with Crippen LogP contribution in [0.2, 0.25) is 0 Å². The molecule has 3 heterocycles. The number of unbranched alkanes of at least 4 members (excludes halogenated alkanes) is 2. The average molecular weight is 465 g/mol. The van der Waals surface area contributed by atoms with E-state index < -0.39 is 28.6 Å². The number of ether oxygens (including phenoxy) is 1. The van der Waals surface area contributed by atoms with Gasteiger partial charge in [0, 0.05) is 24.9 Å². The normalized spacial score (nSPS) is 32.7. The minimum absolute atomic E-state index is 0.0456. The van der Waals surface area contributed by atoms with Crippen molar-refractivity contribution < 1.29 is 24.2 Å². The second-order valence-corrected chi connectivity index (χ2v) is 10.6. The number of hydrogen-bond donors (Lipinski definition) is 1. The molecule has 0 aromatic carbocycles. The highest BCUT2D eigenvalue weighted by molar-refractivity contribution is 8.02. The van der Waals surface area contributed by atoms with E-state index in [1.54, 1.807) is 22.7 Å². The largest absolute Gasteiger partial charge is 0.461 e. The lowest BCUT2D eigenvalue weighted by atomic mass is 9.66. The molecule has 1 spiro atoms. The minimum Gasteiger partial charge on any atom is -0.461 e. The monoisotopic (exact) mass is 464 g/mol. The van der Waals surface area contributed by atoms with Crippen LogP contribution < -0.4 is 0 Å². The lowest BCUT2D eigenvalue weighted by Gasteiger charge is -2.40. The summed E-state index contributed by atoms with van der Waals surface area (Å²) in [5.41, 5.74) is 0. The number of thioether (sulfide) groups is 1. The third-order valence-electron chi connectivity index (χ3n) is 7.13. The molecule has 2 amide bonds. The number of carbonyl (C=O) groups is 3. The molecule has 6 atom stereocenters. The number of aliphatic hydroxyl groups is 1. The molecule has 0 radical (unpaired) electrons. The van der Waals surface area contributed by atoms with Gasteiger partial charge in [-0.3, -0.25) is 14.4 Å². The van der Waals surface area contributed by atoms with Crippen molar-refractivity contribution in [2.45, 2.75) is 55.6 Å². The summed E-state index contributed by atoms with van der Waals surface area (Å²) in [5.74, 6) is -1.81. The highest BCUT2D eigenvalue weighted by atomic mass is 32.2. The Kier molecular flexibility index (Phi) is 8.09. The maximum Gasteiger partial charge on any atom is 0.311 e. The van der Waals surface area contributed by atoms with Gasteiger partial charge in [-0.15, -0.1) is 18.3 Å². The van der Waals surface area contributed by atoms with Crippen molar-refractivity contribution in [2.24, 2.45) is 17.8 Å². The van der Waals surface area contributed by atoms with E-state index in [0.717, 1.165) is 25.7 Å². The van der Waals surface area contributed by atoms with E-state index in [2.05, 4.69) is 27.0 Å². The Morgan fingerprint density at radius 2 is 2.09 bits per heavy atom. The molecule has 0 aromatic rings. The third-order valence-corrected chi connectivity index (χ3v) is 9.20. The molecule has 8 heteroatoms. The zero-order valence-corrected chi connectivity index (χ0v) is 20.0. The molecular formula is C24H36N2O5S. The number of hydrogen-bond acceptors (Lipinski definition) is 6. The molecule has 3 fully saturated rings. The van der Waals surface area contributed by atoms with Gasteiger partial charge in [-0.1, -0.05) is 45.4 Å². The second kappa shape index (κ2) is 10.4. The number of amides is 2. The summed E-state index contributed by atoms with van der Waals surface area (Å²) in [6.07, 6.45) is 6.93. The molecule has 32 heavy (non-hydrogen) atoms. The average Bonchev–Trinajstić information content (AvgIpc) is 3.35. The van der Waals surface area contributed by atoms with Gasteiger partial charge in [0.1, 0.15) is 12.6 Å². The van der Waals surface area contributed by atoms with Crippen molar-refractivity contribution in [1.82, 2.24) is 9.80 Å². The fourth-order valence-corrected chi connectivity index (χ4v) is 8.23. The standard InChI is InChI=1S/C24H36N2O5S/c1-5-8-9-11-25(10-6-2)22(29)20-24-16(4)15-17(32-24)18(23(30)31-14-7-3)19(24)21(28)26(20)12-13-27/h6-7,16-20,27H,2-3,5,8-15H2,1,4H3/t16?,17-,18+,19+,20?,24?/m1/s1. The highest BCUT2D eigenvalue weighted by Crippen LogP contribution is 2.68. The van der Waals surface area contributed by atoms with E-state index in [-0.39, 0.29) is 42.7 Å². The number of esters is 1. The number of rotatable bonds is 12. The Hall–Kier alpha value is -1.80. The first kappa shape index (κ1) is 24.8. The lowest BCUT2D eigenvalue weighted by molar-refractivity contribution is -0.153. The van der Waals surface area contributed by atoms with Crippen LogP contribution in [0.5, 0.6) is 0 Å². The van der Waals surface area contributed by atoms with Crippen molar-refractivity contribution in [1.29, 1.82) is 0 Å². The Balaban J connectivity index is 1.98. The molecule has 1 N–H and O–H groups in total. The molecule has 178 valence electrons. The van der Waals surface area contributed by atoms with E-state index >= 15 is 0 Å². The topological polar surface area (TPSA) is 87.1 Å². The highest BCUT2D eigenvalue weighted by Gasteiger charge is 2.76. The molecule has 0 aliphatic carbocycles. The molecular weight excluding hydrogens is 428 g/mol. The Morgan fingerprint density at radius 1 is 1.34 bits per heavy atom. The van der Waals surface area contributed by atoms with Crippen molar-refractivity contribution in [3.8, 4) is 0 Å². The smallest absolute Gasteiger partial charge is 0.311 e. The van der Waals surface area contributed by atoms with Crippen LogP contribution in [0.15, 0.2) is 25.3 Å². The van der Waals surface area contributed by atoms with Crippen LogP contribution in [0.1, 0.15) is 39.5 Å². The van der Waals surface area contributed by atoms with E-state index in [1.807, 2.05) is 0 Å². The SMILES string of the molecule is C=CCOC(=O)[C@@H]1[C@H]2C(=O)N(CCO)C(C(=O)N(CC=C)CCCCC)C23S[C@@H]1CC3C. The fourth-order valence-electron chi connectivity index (χ4n) is 5.83. The zero-order chi connectivity index (χ0) is 23.5.